The molecule has 2 aliphatic carbocycles. The van der Waals surface area contributed by atoms with E-state index in [1.807, 2.05) is 17.8 Å². The minimum atomic E-state index is -0.904. The average molecular weight is 331 g/mol. The van der Waals surface area contributed by atoms with Crippen molar-refractivity contribution in [1.82, 2.24) is 14.8 Å². The molecule has 5 rings (SSSR count). The summed E-state index contributed by atoms with van der Waals surface area (Å²) in [5.41, 5.74) is 6.37. The predicted molar refractivity (Wildman–Crippen MR) is 95.5 cm³/mol. The van der Waals surface area contributed by atoms with Gasteiger partial charge in [-0.2, -0.15) is 5.10 Å². The number of carboxylic acid groups (broad SMARTS) is 1. The van der Waals surface area contributed by atoms with Gasteiger partial charge in [-0.25, -0.2) is 4.79 Å². The highest BCUT2D eigenvalue weighted by atomic mass is 16.4. The standard InChI is InChI=1S/C20H17N3O2/c1-23-19(16-8-12(11-2-3-11)4-5-17(16)22-23)13-9-15-14(20(24)25)6-7-21-18(15)10-13/h4-8,10-11H,2-3,9H2,1H3,(H,24,25). The third-order valence-electron chi connectivity index (χ3n) is 5.21. The fourth-order valence-electron chi connectivity index (χ4n) is 3.85. The zero-order chi connectivity index (χ0) is 17.1. The molecule has 5 nitrogen and oxygen atoms in total. The van der Waals surface area contributed by atoms with Gasteiger partial charge in [0.15, 0.2) is 0 Å². The number of aromatic carboxylic acids is 1. The van der Waals surface area contributed by atoms with Crippen molar-refractivity contribution < 1.29 is 9.90 Å². The summed E-state index contributed by atoms with van der Waals surface area (Å²) in [6, 6.07) is 8.10. The minimum absolute atomic E-state index is 0.335. The van der Waals surface area contributed by atoms with Gasteiger partial charge in [0, 0.05) is 25.1 Å². The number of carboxylic acids is 1. The molecule has 1 N–H and O–H groups in total. The fourth-order valence-corrected chi connectivity index (χ4v) is 3.85. The third kappa shape index (κ3) is 2.19. The largest absolute Gasteiger partial charge is 0.478 e. The molecule has 0 spiro atoms. The van der Waals surface area contributed by atoms with E-state index in [-0.39, 0.29) is 0 Å². The first kappa shape index (κ1) is 14.4. The summed E-state index contributed by atoms with van der Waals surface area (Å²) in [5, 5.41) is 15.2. The van der Waals surface area contributed by atoms with Crippen molar-refractivity contribution in [3.63, 3.8) is 0 Å². The molecule has 0 aliphatic heterocycles. The summed E-state index contributed by atoms with van der Waals surface area (Å²) in [4.78, 5) is 15.8. The van der Waals surface area contributed by atoms with E-state index in [9.17, 15) is 9.90 Å². The second-order valence-electron chi connectivity index (χ2n) is 6.90. The molecule has 2 aliphatic rings. The van der Waals surface area contributed by atoms with Crippen LogP contribution in [0.2, 0.25) is 0 Å². The first-order valence-electron chi connectivity index (χ1n) is 8.50. The van der Waals surface area contributed by atoms with Crippen LogP contribution in [0.4, 0.5) is 0 Å². The lowest BCUT2D eigenvalue weighted by atomic mass is 10.0. The van der Waals surface area contributed by atoms with Gasteiger partial charge in [0.25, 0.3) is 0 Å². The molecular formula is C20H17N3O2. The smallest absolute Gasteiger partial charge is 0.336 e. The Kier molecular flexibility index (Phi) is 2.89. The van der Waals surface area contributed by atoms with E-state index >= 15 is 0 Å². The van der Waals surface area contributed by atoms with Crippen LogP contribution < -0.4 is 0 Å². The molecule has 25 heavy (non-hydrogen) atoms. The van der Waals surface area contributed by atoms with Gasteiger partial charge in [0.05, 0.1) is 22.5 Å². The Morgan fingerprint density at radius 2 is 2.12 bits per heavy atom. The number of rotatable bonds is 3. The van der Waals surface area contributed by atoms with Crippen LogP contribution in [0.1, 0.15) is 51.6 Å². The van der Waals surface area contributed by atoms with E-state index < -0.39 is 5.97 Å². The van der Waals surface area contributed by atoms with Crippen molar-refractivity contribution in [2.45, 2.75) is 25.2 Å². The van der Waals surface area contributed by atoms with Crippen molar-refractivity contribution in [3.8, 4) is 0 Å². The number of allylic oxidation sites excluding steroid dienone is 1. The summed E-state index contributed by atoms with van der Waals surface area (Å²) < 4.78 is 1.90. The van der Waals surface area contributed by atoms with Crippen molar-refractivity contribution >= 4 is 28.5 Å². The normalized spacial score (nSPS) is 16.1. The molecule has 1 aromatic carbocycles. The highest BCUT2D eigenvalue weighted by Crippen LogP contribution is 2.42. The molecule has 2 aromatic heterocycles. The van der Waals surface area contributed by atoms with E-state index in [2.05, 4.69) is 28.3 Å². The predicted octanol–water partition coefficient (Wildman–Crippen LogP) is 3.64. The Balaban J connectivity index is 1.65. The van der Waals surface area contributed by atoms with Crippen LogP contribution >= 0.6 is 0 Å². The highest BCUT2D eigenvalue weighted by Gasteiger charge is 2.27. The van der Waals surface area contributed by atoms with E-state index in [0.717, 1.165) is 33.4 Å². The molecule has 0 amide bonds. The zero-order valence-corrected chi connectivity index (χ0v) is 13.9. The van der Waals surface area contributed by atoms with E-state index in [1.54, 1.807) is 12.3 Å². The molecular weight excluding hydrogens is 314 g/mol. The average Bonchev–Trinajstić information content (AvgIpc) is 3.26. The van der Waals surface area contributed by atoms with Gasteiger partial charge in [0.2, 0.25) is 0 Å². The summed E-state index contributed by atoms with van der Waals surface area (Å²) in [7, 11) is 1.95. The van der Waals surface area contributed by atoms with Gasteiger partial charge in [-0.3, -0.25) is 9.67 Å². The van der Waals surface area contributed by atoms with Crippen LogP contribution in [0.15, 0.2) is 30.5 Å². The second-order valence-corrected chi connectivity index (χ2v) is 6.90. The number of benzene rings is 1. The van der Waals surface area contributed by atoms with Crippen LogP contribution in [-0.2, 0) is 13.5 Å². The lowest BCUT2D eigenvalue weighted by molar-refractivity contribution is 0.0695. The first-order chi connectivity index (χ1) is 12.1. The second kappa shape index (κ2) is 5.02. The van der Waals surface area contributed by atoms with Crippen molar-refractivity contribution in [2.75, 3.05) is 0 Å². The van der Waals surface area contributed by atoms with Crippen molar-refractivity contribution in [2.24, 2.45) is 7.05 Å². The first-order valence-corrected chi connectivity index (χ1v) is 8.50. The fraction of sp³-hybridized carbons (Fsp3) is 0.250. The van der Waals surface area contributed by atoms with Gasteiger partial charge < -0.3 is 5.11 Å². The van der Waals surface area contributed by atoms with Crippen molar-refractivity contribution in [1.29, 1.82) is 0 Å². The van der Waals surface area contributed by atoms with Gasteiger partial charge in [0.1, 0.15) is 0 Å². The Labute approximate surface area is 144 Å². The maximum atomic E-state index is 11.5. The van der Waals surface area contributed by atoms with Crippen molar-refractivity contribution in [3.05, 3.63) is 58.5 Å². The van der Waals surface area contributed by atoms with Crippen LogP contribution in [0.25, 0.3) is 22.6 Å². The minimum Gasteiger partial charge on any atom is -0.478 e. The summed E-state index contributed by atoms with van der Waals surface area (Å²) in [6.45, 7) is 0. The Hall–Kier alpha value is -2.95. The lowest BCUT2D eigenvalue weighted by Gasteiger charge is -2.06. The number of pyridine rings is 1. The van der Waals surface area contributed by atoms with E-state index in [1.165, 1.54) is 18.4 Å². The number of hydrogen-bond acceptors (Lipinski definition) is 3. The van der Waals surface area contributed by atoms with Gasteiger partial charge >= 0.3 is 5.97 Å². The molecule has 0 radical (unpaired) electrons. The number of carbonyl (C=O) groups is 1. The topological polar surface area (TPSA) is 68.0 Å². The third-order valence-corrected chi connectivity index (χ3v) is 5.21. The monoisotopic (exact) mass is 331 g/mol. The van der Waals surface area contributed by atoms with Crippen LogP contribution in [0.5, 0.6) is 0 Å². The molecule has 0 bridgehead atoms. The summed E-state index contributed by atoms with van der Waals surface area (Å²) in [6.07, 6.45) is 6.67. The molecule has 0 unspecified atom stereocenters. The highest BCUT2D eigenvalue weighted by molar-refractivity contribution is 6.00. The van der Waals surface area contributed by atoms with Gasteiger partial charge in [-0.15, -0.1) is 0 Å². The molecule has 0 atom stereocenters. The van der Waals surface area contributed by atoms with E-state index in [0.29, 0.717) is 17.9 Å². The van der Waals surface area contributed by atoms with Crippen LogP contribution in [0.3, 0.4) is 0 Å². The maximum absolute atomic E-state index is 11.5. The number of aromatic nitrogens is 3. The summed E-state index contributed by atoms with van der Waals surface area (Å²) >= 11 is 0. The lowest BCUT2D eigenvalue weighted by Crippen LogP contribution is -2.04. The van der Waals surface area contributed by atoms with Gasteiger partial charge in [-0.1, -0.05) is 6.07 Å². The van der Waals surface area contributed by atoms with E-state index in [4.69, 9.17) is 0 Å². The molecule has 3 aromatic rings. The van der Waals surface area contributed by atoms with Crippen LogP contribution in [0, 0.1) is 0 Å². The van der Waals surface area contributed by atoms with Crippen LogP contribution in [-0.4, -0.2) is 25.8 Å². The molecule has 5 heteroatoms. The van der Waals surface area contributed by atoms with Gasteiger partial charge in [-0.05, 0) is 59.7 Å². The molecule has 1 saturated carbocycles. The molecule has 0 saturated heterocycles. The Morgan fingerprint density at radius 3 is 2.88 bits per heavy atom. The maximum Gasteiger partial charge on any atom is 0.336 e. The summed E-state index contributed by atoms with van der Waals surface area (Å²) in [5.74, 6) is -0.216. The Morgan fingerprint density at radius 1 is 1.28 bits per heavy atom. The molecule has 2 heterocycles. The number of fused-ring (bicyclic) bond motifs is 2. The number of aryl methyl sites for hydroxylation is 1. The molecule has 1 fully saturated rings. The number of hydrogen-bond donors (Lipinski definition) is 1. The zero-order valence-electron chi connectivity index (χ0n) is 13.9. The Bertz CT molecular complexity index is 1070. The number of nitrogens with zero attached hydrogens (tertiary/aromatic N) is 3. The SMILES string of the molecule is Cn1nc2ccc(C3CC3)cc2c1C1=Cc2nccc(C(=O)O)c2C1. The quantitative estimate of drug-likeness (QED) is 0.795. The molecule has 124 valence electrons.